The molecular weight excluding hydrogens is 364 g/mol. The van der Waals surface area contributed by atoms with Crippen LogP contribution in [0.5, 0.6) is 0 Å². The highest BCUT2D eigenvalue weighted by Crippen LogP contribution is 2.28. The van der Waals surface area contributed by atoms with E-state index in [9.17, 15) is 9.59 Å². The van der Waals surface area contributed by atoms with E-state index in [4.69, 9.17) is 5.73 Å². The maximum Gasteiger partial charge on any atom is 0.243 e. The van der Waals surface area contributed by atoms with Gasteiger partial charge in [0.1, 0.15) is 0 Å². The Hall–Kier alpha value is -1.63. The molecule has 0 aromatic heterocycles. The molecule has 0 aliphatic carbocycles. The van der Waals surface area contributed by atoms with E-state index < -0.39 is 0 Å². The second-order valence-electron chi connectivity index (χ2n) is 8.06. The number of anilines is 1. The van der Waals surface area contributed by atoms with Crippen LogP contribution in [0, 0.1) is 19.3 Å². The van der Waals surface area contributed by atoms with Gasteiger partial charge in [-0.1, -0.05) is 32.0 Å². The number of piperidine rings is 1. The first-order chi connectivity index (χ1) is 12.1. The Bertz CT molecular complexity index is 658. The van der Waals surface area contributed by atoms with Gasteiger partial charge in [-0.15, -0.1) is 12.4 Å². The number of nitrogens with one attached hydrogen (secondary N) is 2. The molecule has 1 heterocycles. The predicted octanol–water partition coefficient (Wildman–Crippen LogP) is 2.23. The van der Waals surface area contributed by atoms with E-state index in [0.717, 1.165) is 36.3 Å². The molecule has 1 aromatic carbocycles. The second kappa shape index (κ2) is 9.53. The number of nitrogens with zero attached hydrogens (tertiary/aromatic N) is 1. The minimum atomic E-state index is -0.283. The predicted molar refractivity (Wildman–Crippen MR) is 112 cm³/mol. The van der Waals surface area contributed by atoms with Crippen LogP contribution in [0.3, 0.4) is 0 Å². The number of aryl methyl sites for hydroxylation is 2. The van der Waals surface area contributed by atoms with Gasteiger partial charge in [-0.2, -0.15) is 0 Å². The highest BCUT2D eigenvalue weighted by molar-refractivity contribution is 5.96. The van der Waals surface area contributed by atoms with Crippen LogP contribution in [0.25, 0.3) is 0 Å². The van der Waals surface area contributed by atoms with Crippen molar-refractivity contribution in [1.29, 1.82) is 0 Å². The molecule has 0 radical (unpaired) electrons. The Labute approximate surface area is 168 Å². The summed E-state index contributed by atoms with van der Waals surface area (Å²) < 4.78 is 0. The Morgan fingerprint density at radius 3 is 2.44 bits per heavy atom. The van der Waals surface area contributed by atoms with Crippen LogP contribution in [-0.4, -0.2) is 48.4 Å². The first-order valence-electron chi connectivity index (χ1n) is 9.25. The van der Waals surface area contributed by atoms with Gasteiger partial charge in [0.15, 0.2) is 0 Å². The zero-order chi connectivity index (χ0) is 19.5. The van der Waals surface area contributed by atoms with Crippen molar-refractivity contribution in [2.75, 3.05) is 25.0 Å². The van der Waals surface area contributed by atoms with Crippen LogP contribution in [0.2, 0.25) is 0 Å². The Morgan fingerprint density at radius 1 is 1.30 bits per heavy atom. The van der Waals surface area contributed by atoms with Crippen LogP contribution in [0.4, 0.5) is 5.69 Å². The van der Waals surface area contributed by atoms with Gasteiger partial charge in [-0.3, -0.25) is 14.5 Å². The van der Waals surface area contributed by atoms with Crippen LogP contribution >= 0.6 is 12.4 Å². The van der Waals surface area contributed by atoms with Crippen molar-refractivity contribution < 1.29 is 9.59 Å². The molecule has 1 aromatic rings. The summed E-state index contributed by atoms with van der Waals surface area (Å²) in [5, 5.41) is 5.64. The number of hydrogen-bond donors (Lipinski definition) is 3. The highest BCUT2D eigenvalue weighted by Gasteiger charge is 2.36. The summed E-state index contributed by atoms with van der Waals surface area (Å²) in [6.45, 7) is 11.6. The fourth-order valence-corrected chi connectivity index (χ4v) is 3.42. The van der Waals surface area contributed by atoms with Crippen LogP contribution in [0.15, 0.2) is 18.2 Å². The molecular formula is C20H33ClN4O2. The van der Waals surface area contributed by atoms with Crippen LogP contribution < -0.4 is 16.4 Å². The molecule has 4 N–H and O–H groups in total. The largest absolute Gasteiger partial charge is 0.346 e. The van der Waals surface area contributed by atoms with Gasteiger partial charge < -0.3 is 16.4 Å². The summed E-state index contributed by atoms with van der Waals surface area (Å²) in [4.78, 5) is 26.8. The summed E-state index contributed by atoms with van der Waals surface area (Å²) in [6.07, 6.45) is 0.873. The fraction of sp³-hybridized carbons (Fsp3) is 0.600. The number of carbonyl (C=O) groups is 2. The molecule has 1 fully saturated rings. The first kappa shape index (κ1) is 23.4. The van der Waals surface area contributed by atoms with E-state index in [0.29, 0.717) is 0 Å². The molecule has 1 aliphatic rings. The van der Waals surface area contributed by atoms with Gasteiger partial charge >= 0.3 is 0 Å². The van der Waals surface area contributed by atoms with E-state index in [-0.39, 0.29) is 48.3 Å². The summed E-state index contributed by atoms with van der Waals surface area (Å²) in [7, 11) is 0. The monoisotopic (exact) mass is 396 g/mol. The minimum Gasteiger partial charge on any atom is -0.346 e. The van der Waals surface area contributed by atoms with Gasteiger partial charge in [0.2, 0.25) is 11.8 Å². The van der Waals surface area contributed by atoms with Gasteiger partial charge in [-0.25, -0.2) is 0 Å². The summed E-state index contributed by atoms with van der Waals surface area (Å²) in [5.74, 6) is -0.350. The third-order valence-corrected chi connectivity index (χ3v) is 5.44. The quantitative estimate of drug-likeness (QED) is 0.712. The number of nitrogens with two attached hydrogens (primary N) is 1. The molecule has 2 atom stereocenters. The molecule has 27 heavy (non-hydrogen) atoms. The van der Waals surface area contributed by atoms with Crippen molar-refractivity contribution in [3.8, 4) is 0 Å². The molecule has 2 unspecified atom stereocenters. The van der Waals surface area contributed by atoms with Crippen molar-refractivity contribution in [2.24, 2.45) is 11.1 Å². The molecule has 0 bridgehead atoms. The molecule has 2 amide bonds. The van der Waals surface area contributed by atoms with Crippen molar-refractivity contribution >= 4 is 29.9 Å². The lowest BCUT2D eigenvalue weighted by Gasteiger charge is -2.44. The average molecular weight is 397 g/mol. The Balaban J connectivity index is 0.00000364. The van der Waals surface area contributed by atoms with Gasteiger partial charge in [-0.05, 0) is 43.7 Å². The number of likely N-dealkylation sites (tertiary alicyclic amines) is 1. The SMILES string of the molecule is Cc1cccc(C)c1NC(=O)CNC(=O)C(C)N1CCC(N)C(C)(C)C1.Cl. The number of para-hydroxylation sites is 1. The molecule has 0 spiro atoms. The number of amides is 2. The number of benzene rings is 1. The summed E-state index contributed by atoms with van der Waals surface area (Å²) in [6, 6.07) is 5.72. The van der Waals surface area contributed by atoms with Crippen LogP contribution in [-0.2, 0) is 9.59 Å². The maximum atomic E-state index is 12.5. The van der Waals surface area contributed by atoms with Gasteiger partial charge in [0.25, 0.3) is 0 Å². The highest BCUT2D eigenvalue weighted by atomic mass is 35.5. The van der Waals surface area contributed by atoms with Crippen molar-refractivity contribution in [2.45, 2.75) is 53.1 Å². The number of halogens is 1. The van der Waals surface area contributed by atoms with E-state index >= 15 is 0 Å². The molecule has 0 saturated carbocycles. The van der Waals surface area contributed by atoms with Crippen LogP contribution in [0.1, 0.15) is 38.3 Å². The number of hydrogen-bond acceptors (Lipinski definition) is 4. The molecule has 1 saturated heterocycles. The van der Waals surface area contributed by atoms with E-state index in [2.05, 4.69) is 29.4 Å². The normalized spacial score (nSPS) is 20.3. The Kier molecular flexibility index (Phi) is 8.26. The molecule has 2 rings (SSSR count). The fourth-order valence-electron chi connectivity index (χ4n) is 3.42. The summed E-state index contributed by atoms with van der Waals surface area (Å²) >= 11 is 0. The molecule has 152 valence electrons. The zero-order valence-electron chi connectivity index (χ0n) is 17.0. The molecule has 1 aliphatic heterocycles. The lowest BCUT2D eigenvalue weighted by molar-refractivity contribution is -0.129. The average Bonchev–Trinajstić information content (AvgIpc) is 2.57. The van der Waals surface area contributed by atoms with Gasteiger partial charge in [0.05, 0.1) is 12.6 Å². The topological polar surface area (TPSA) is 87.5 Å². The third-order valence-electron chi connectivity index (χ3n) is 5.44. The maximum absolute atomic E-state index is 12.5. The lowest BCUT2D eigenvalue weighted by Crippen LogP contribution is -2.57. The van der Waals surface area contributed by atoms with E-state index in [1.165, 1.54) is 0 Å². The van der Waals surface area contributed by atoms with E-state index in [1.54, 1.807) is 0 Å². The van der Waals surface area contributed by atoms with Crippen molar-refractivity contribution in [3.63, 3.8) is 0 Å². The molecule has 6 nitrogen and oxygen atoms in total. The zero-order valence-corrected chi connectivity index (χ0v) is 17.8. The lowest BCUT2D eigenvalue weighted by atomic mass is 9.79. The number of rotatable bonds is 5. The second-order valence-corrected chi connectivity index (χ2v) is 8.06. The standard InChI is InChI=1S/C20H32N4O2.ClH/c1-13-7-6-8-14(2)18(13)23-17(25)11-22-19(26)15(3)24-10-9-16(21)20(4,5)12-24;/h6-8,15-16H,9-12,21H2,1-5H3,(H,22,26)(H,23,25);1H. The van der Waals surface area contributed by atoms with Crippen molar-refractivity contribution in [3.05, 3.63) is 29.3 Å². The van der Waals surface area contributed by atoms with E-state index in [1.807, 2.05) is 39.0 Å². The molecule has 7 heteroatoms. The Morgan fingerprint density at radius 2 is 1.89 bits per heavy atom. The smallest absolute Gasteiger partial charge is 0.243 e. The van der Waals surface area contributed by atoms with Gasteiger partial charge in [0, 0.05) is 24.8 Å². The third kappa shape index (κ3) is 5.92. The first-order valence-corrected chi connectivity index (χ1v) is 9.25. The minimum absolute atomic E-state index is 0. The van der Waals surface area contributed by atoms with Crippen molar-refractivity contribution in [1.82, 2.24) is 10.2 Å². The summed E-state index contributed by atoms with van der Waals surface area (Å²) in [5.41, 5.74) is 8.97. The number of carbonyl (C=O) groups excluding carboxylic acids is 2.